The Morgan fingerprint density at radius 2 is 2.27 bits per heavy atom. The summed E-state index contributed by atoms with van der Waals surface area (Å²) in [7, 11) is 0. The van der Waals surface area contributed by atoms with Gasteiger partial charge in [0.1, 0.15) is 5.54 Å². The molecule has 1 fully saturated rings. The average Bonchev–Trinajstić information content (AvgIpc) is 3.20. The molecule has 3 rings (SSSR count). The maximum absolute atomic E-state index is 12.8. The van der Waals surface area contributed by atoms with Crippen LogP contribution in [0.3, 0.4) is 0 Å². The van der Waals surface area contributed by atoms with Gasteiger partial charge in [-0.3, -0.25) is 9.48 Å². The van der Waals surface area contributed by atoms with Crippen LogP contribution in [0.1, 0.15) is 17.7 Å². The van der Waals surface area contributed by atoms with Crippen molar-refractivity contribution in [2.45, 2.75) is 24.8 Å². The molecule has 0 unspecified atom stereocenters. The maximum Gasteiger partial charge on any atom is 0.248 e. The van der Waals surface area contributed by atoms with Gasteiger partial charge in [-0.05, 0) is 50.6 Å². The Morgan fingerprint density at radius 1 is 1.45 bits per heavy atom. The van der Waals surface area contributed by atoms with Crippen LogP contribution in [0.5, 0.6) is 0 Å². The highest BCUT2D eigenvalue weighted by molar-refractivity contribution is 7.16. The van der Waals surface area contributed by atoms with Gasteiger partial charge >= 0.3 is 0 Å². The molecule has 0 atom stereocenters. The Hall–Kier alpha value is -1.37. The minimum absolute atomic E-state index is 0.0559. The highest BCUT2D eigenvalue weighted by Gasteiger charge is 2.41. The van der Waals surface area contributed by atoms with E-state index < -0.39 is 5.54 Å². The predicted molar refractivity (Wildman–Crippen MR) is 88.3 cm³/mol. The van der Waals surface area contributed by atoms with Crippen LogP contribution >= 0.6 is 22.9 Å². The Balaban J connectivity index is 1.65. The van der Waals surface area contributed by atoms with Crippen molar-refractivity contribution >= 4 is 28.8 Å². The summed E-state index contributed by atoms with van der Waals surface area (Å²) in [4.78, 5) is 14.0. The van der Waals surface area contributed by atoms with Crippen LogP contribution in [0, 0.1) is 0 Å². The minimum atomic E-state index is -0.568. The number of amides is 1. The molecular weight excluding hydrogens is 320 g/mol. The second-order valence-corrected chi connectivity index (χ2v) is 7.24. The fourth-order valence-electron chi connectivity index (χ4n) is 2.87. The zero-order valence-corrected chi connectivity index (χ0v) is 13.8. The zero-order chi connectivity index (χ0) is 15.4. The van der Waals surface area contributed by atoms with E-state index in [-0.39, 0.29) is 5.91 Å². The molecule has 1 saturated heterocycles. The van der Waals surface area contributed by atoms with Gasteiger partial charge in [0.15, 0.2) is 0 Å². The molecule has 0 aliphatic carbocycles. The lowest BCUT2D eigenvalue weighted by Crippen LogP contribution is -2.54. The van der Waals surface area contributed by atoms with Gasteiger partial charge in [0.05, 0.1) is 4.34 Å². The molecule has 3 heterocycles. The quantitative estimate of drug-likeness (QED) is 0.877. The lowest BCUT2D eigenvalue weighted by Gasteiger charge is -2.36. The molecule has 0 spiro atoms. The molecule has 2 aromatic heterocycles. The van der Waals surface area contributed by atoms with E-state index in [1.807, 2.05) is 29.1 Å². The fraction of sp³-hybridized carbons (Fsp3) is 0.467. The van der Waals surface area contributed by atoms with Crippen LogP contribution < -0.4 is 10.6 Å². The number of thiophene rings is 1. The number of carbonyl (C=O) groups is 1. The lowest BCUT2D eigenvalue weighted by atomic mass is 9.87. The molecule has 2 N–H and O–H groups in total. The molecule has 118 valence electrons. The summed E-state index contributed by atoms with van der Waals surface area (Å²) >= 11 is 7.48. The van der Waals surface area contributed by atoms with E-state index in [1.165, 1.54) is 4.88 Å². The second-order valence-electron chi connectivity index (χ2n) is 5.44. The van der Waals surface area contributed by atoms with Gasteiger partial charge < -0.3 is 10.6 Å². The number of rotatable bonds is 5. The number of halogens is 1. The first kappa shape index (κ1) is 15.5. The van der Waals surface area contributed by atoms with E-state index >= 15 is 0 Å². The van der Waals surface area contributed by atoms with Gasteiger partial charge in [-0.15, -0.1) is 11.3 Å². The average molecular weight is 339 g/mol. The lowest BCUT2D eigenvalue weighted by molar-refractivity contribution is -0.131. The SMILES string of the molecule is O=C(NCCc1ccc(Cl)s1)C1(n2cccn2)CCNCC1. The van der Waals surface area contributed by atoms with E-state index in [0.717, 1.165) is 36.7 Å². The molecule has 22 heavy (non-hydrogen) atoms. The number of hydrogen-bond acceptors (Lipinski definition) is 4. The minimum Gasteiger partial charge on any atom is -0.354 e. The van der Waals surface area contributed by atoms with E-state index in [2.05, 4.69) is 15.7 Å². The molecular formula is C15H19ClN4OS. The molecule has 0 aromatic carbocycles. The predicted octanol–water partition coefficient (Wildman–Crippen LogP) is 2.04. The molecule has 1 aliphatic rings. The number of hydrogen-bond donors (Lipinski definition) is 2. The monoisotopic (exact) mass is 338 g/mol. The maximum atomic E-state index is 12.8. The van der Waals surface area contributed by atoms with Crippen LogP contribution in [0.25, 0.3) is 0 Å². The van der Waals surface area contributed by atoms with E-state index in [4.69, 9.17) is 11.6 Å². The second kappa shape index (κ2) is 6.81. The van der Waals surface area contributed by atoms with Crippen LogP contribution in [-0.2, 0) is 16.8 Å². The first-order chi connectivity index (χ1) is 10.7. The van der Waals surface area contributed by atoms with Crippen molar-refractivity contribution in [3.05, 3.63) is 39.8 Å². The fourth-order valence-corrected chi connectivity index (χ4v) is 3.96. The Labute approximate surface area is 138 Å². The van der Waals surface area contributed by atoms with Crippen molar-refractivity contribution in [1.29, 1.82) is 0 Å². The number of piperidine rings is 1. The van der Waals surface area contributed by atoms with E-state index in [9.17, 15) is 4.79 Å². The summed E-state index contributed by atoms with van der Waals surface area (Å²) in [5.74, 6) is 0.0559. The van der Waals surface area contributed by atoms with Crippen molar-refractivity contribution in [3.63, 3.8) is 0 Å². The number of aromatic nitrogens is 2. The van der Waals surface area contributed by atoms with Crippen molar-refractivity contribution in [1.82, 2.24) is 20.4 Å². The normalized spacial score (nSPS) is 17.3. The van der Waals surface area contributed by atoms with Crippen molar-refractivity contribution < 1.29 is 4.79 Å². The van der Waals surface area contributed by atoms with Crippen molar-refractivity contribution in [2.75, 3.05) is 19.6 Å². The van der Waals surface area contributed by atoms with Crippen LogP contribution in [0.15, 0.2) is 30.6 Å². The van der Waals surface area contributed by atoms with Gasteiger partial charge in [-0.2, -0.15) is 5.10 Å². The standard InChI is InChI=1S/C15H19ClN4OS/c16-13-3-2-12(22-13)4-8-18-14(21)15(5-9-17-10-6-15)20-11-1-7-19-20/h1-3,7,11,17H,4-6,8-10H2,(H,18,21). The molecule has 5 nitrogen and oxygen atoms in total. The third-order valence-electron chi connectivity index (χ3n) is 4.08. The first-order valence-corrected chi connectivity index (χ1v) is 8.63. The van der Waals surface area contributed by atoms with Gasteiger partial charge in [0.25, 0.3) is 0 Å². The first-order valence-electron chi connectivity index (χ1n) is 7.44. The summed E-state index contributed by atoms with van der Waals surface area (Å²) < 4.78 is 2.60. The molecule has 1 aliphatic heterocycles. The summed E-state index contributed by atoms with van der Waals surface area (Å²) in [6.45, 7) is 2.27. The van der Waals surface area contributed by atoms with Crippen LogP contribution in [0.2, 0.25) is 4.34 Å². The van der Waals surface area contributed by atoms with Crippen molar-refractivity contribution in [2.24, 2.45) is 0 Å². The summed E-state index contributed by atoms with van der Waals surface area (Å²) in [5, 5.41) is 10.7. The molecule has 2 aromatic rings. The number of nitrogens with one attached hydrogen (secondary N) is 2. The van der Waals surface area contributed by atoms with E-state index in [1.54, 1.807) is 17.5 Å². The van der Waals surface area contributed by atoms with Gasteiger partial charge in [0.2, 0.25) is 5.91 Å². The zero-order valence-electron chi connectivity index (χ0n) is 12.2. The molecule has 0 bridgehead atoms. The van der Waals surface area contributed by atoms with E-state index in [0.29, 0.717) is 6.54 Å². The van der Waals surface area contributed by atoms with Crippen molar-refractivity contribution in [3.8, 4) is 0 Å². The highest BCUT2D eigenvalue weighted by Crippen LogP contribution is 2.27. The Bertz CT molecular complexity index is 619. The molecule has 7 heteroatoms. The molecule has 1 amide bonds. The molecule has 0 radical (unpaired) electrons. The van der Waals surface area contributed by atoms with Gasteiger partial charge in [-0.25, -0.2) is 0 Å². The Morgan fingerprint density at radius 3 is 2.91 bits per heavy atom. The third-order valence-corrected chi connectivity index (χ3v) is 5.37. The number of carbonyl (C=O) groups excluding carboxylic acids is 1. The van der Waals surface area contributed by atoms with Crippen LogP contribution in [-0.4, -0.2) is 35.3 Å². The smallest absolute Gasteiger partial charge is 0.248 e. The summed E-state index contributed by atoms with van der Waals surface area (Å²) in [6, 6.07) is 5.76. The van der Waals surface area contributed by atoms with Crippen LogP contribution in [0.4, 0.5) is 0 Å². The van der Waals surface area contributed by atoms with Gasteiger partial charge in [-0.1, -0.05) is 11.6 Å². The topological polar surface area (TPSA) is 59.0 Å². The molecule has 0 saturated carbocycles. The Kier molecular flexibility index (Phi) is 4.81. The third kappa shape index (κ3) is 3.19. The summed E-state index contributed by atoms with van der Waals surface area (Å²) in [5.41, 5.74) is -0.568. The highest BCUT2D eigenvalue weighted by atomic mass is 35.5. The number of nitrogens with zero attached hydrogens (tertiary/aromatic N) is 2. The summed E-state index contributed by atoms with van der Waals surface area (Å²) in [6.07, 6.45) is 5.92. The largest absolute Gasteiger partial charge is 0.354 e. The van der Waals surface area contributed by atoms with Gasteiger partial charge in [0, 0.05) is 23.8 Å².